The van der Waals surface area contributed by atoms with E-state index in [0.717, 1.165) is 32.5 Å². The Hall–Kier alpha value is -1.79. The van der Waals surface area contributed by atoms with Crippen LogP contribution in [0.1, 0.15) is 10.6 Å². The van der Waals surface area contributed by atoms with Gasteiger partial charge in [0.2, 0.25) is 0 Å². The number of aromatic nitrogens is 1. The minimum absolute atomic E-state index is 0.631. The van der Waals surface area contributed by atoms with Gasteiger partial charge in [-0.2, -0.15) is 0 Å². The molecule has 0 saturated carbocycles. The van der Waals surface area contributed by atoms with Crippen LogP contribution in [0.3, 0.4) is 0 Å². The van der Waals surface area contributed by atoms with Crippen LogP contribution < -0.4 is 14.8 Å². The minimum Gasteiger partial charge on any atom is -0.493 e. The molecule has 0 radical (unpaired) electrons. The van der Waals surface area contributed by atoms with Crippen LogP contribution in [0.15, 0.2) is 42.6 Å². The average Bonchev–Trinajstić information content (AvgIpc) is 3.10. The van der Waals surface area contributed by atoms with E-state index in [4.69, 9.17) is 32.7 Å². The molecule has 7 heteroatoms. The number of hydrogen-bond donors (Lipinski definition) is 1. The number of nitrogens with one attached hydrogen (secondary N) is 1. The van der Waals surface area contributed by atoms with Crippen molar-refractivity contribution < 1.29 is 9.47 Å². The van der Waals surface area contributed by atoms with Crippen LogP contribution in [-0.4, -0.2) is 19.2 Å². The quantitative estimate of drug-likeness (QED) is 0.566. The highest BCUT2D eigenvalue weighted by molar-refractivity contribution is 7.15. The van der Waals surface area contributed by atoms with Crippen LogP contribution in [0.5, 0.6) is 11.5 Å². The first-order chi connectivity index (χ1) is 12.6. The topological polar surface area (TPSA) is 43.4 Å². The van der Waals surface area contributed by atoms with Gasteiger partial charge >= 0.3 is 0 Å². The lowest BCUT2D eigenvalue weighted by Crippen LogP contribution is -2.12. The fourth-order valence-corrected chi connectivity index (χ4v) is 4.22. The summed E-state index contributed by atoms with van der Waals surface area (Å²) in [6.07, 6.45) is 1.81. The van der Waals surface area contributed by atoms with Crippen molar-refractivity contribution in [2.24, 2.45) is 0 Å². The Morgan fingerprint density at radius 3 is 2.42 bits per heavy atom. The smallest absolute Gasteiger partial charge is 0.161 e. The normalized spacial score (nSPS) is 10.8. The van der Waals surface area contributed by atoms with E-state index < -0.39 is 0 Å². The molecule has 4 nitrogen and oxygen atoms in total. The van der Waals surface area contributed by atoms with Crippen molar-refractivity contribution in [3.05, 3.63) is 63.2 Å². The van der Waals surface area contributed by atoms with Gasteiger partial charge in [0.15, 0.2) is 11.5 Å². The van der Waals surface area contributed by atoms with Crippen molar-refractivity contribution in [3.8, 4) is 21.9 Å². The molecule has 0 spiro atoms. The summed E-state index contributed by atoms with van der Waals surface area (Å²) in [7, 11) is 3.26. The van der Waals surface area contributed by atoms with Crippen molar-refractivity contribution in [1.82, 2.24) is 10.3 Å². The lowest BCUT2D eigenvalue weighted by atomic mass is 10.2. The molecule has 3 rings (SSSR count). The first kappa shape index (κ1) is 19.0. The standard InChI is InChI=1S/C19H18Cl2N2O2S/c1-24-15-7-6-12(8-16(15)25-2)9-22-11-18-23-10-17(26-18)19-13(20)4-3-5-14(19)21/h3-8,10,22H,9,11H2,1-2H3. The number of rotatable bonds is 7. The van der Waals surface area contributed by atoms with Gasteiger partial charge in [0.05, 0.1) is 29.1 Å². The molecule has 0 bridgehead atoms. The molecular formula is C19H18Cl2N2O2S. The van der Waals surface area contributed by atoms with Crippen LogP contribution in [0.2, 0.25) is 10.0 Å². The predicted molar refractivity (Wildman–Crippen MR) is 108 cm³/mol. The Labute approximate surface area is 166 Å². The van der Waals surface area contributed by atoms with E-state index in [2.05, 4.69) is 10.3 Å². The zero-order valence-electron chi connectivity index (χ0n) is 14.4. The second-order valence-corrected chi connectivity index (χ2v) is 7.44. The fourth-order valence-electron chi connectivity index (χ4n) is 2.55. The predicted octanol–water partition coefficient (Wildman–Crippen LogP) is 5.42. The summed E-state index contributed by atoms with van der Waals surface area (Å²) in [4.78, 5) is 5.42. The van der Waals surface area contributed by atoms with Crippen LogP contribution >= 0.6 is 34.5 Å². The van der Waals surface area contributed by atoms with Gasteiger partial charge in [-0.05, 0) is 29.8 Å². The number of thiazole rings is 1. The van der Waals surface area contributed by atoms with E-state index in [0.29, 0.717) is 23.1 Å². The maximum atomic E-state index is 6.27. The van der Waals surface area contributed by atoms with Crippen molar-refractivity contribution in [3.63, 3.8) is 0 Å². The summed E-state index contributed by atoms with van der Waals surface area (Å²) in [6.45, 7) is 1.35. The Morgan fingerprint density at radius 1 is 1.00 bits per heavy atom. The highest BCUT2D eigenvalue weighted by Crippen LogP contribution is 2.37. The van der Waals surface area contributed by atoms with E-state index in [1.165, 1.54) is 0 Å². The monoisotopic (exact) mass is 408 g/mol. The van der Waals surface area contributed by atoms with Gasteiger partial charge in [0, 0.05) is 24.8 Å². The van der Waals surface area contributed by atoms with E-state index >= 15 is 0 Å². The van der Waals surface area contributed by atoms with Crippen molar-refractivity contribution in [1.29, 1.82) is 0 Å². The fraction of sp³-hybridized carbons (Fsp3) is 0.211. The molecule has 0 atom stereocenters. The first-order valence-corrected chi connectivity index (χ1v) is 9.50. The van der Waals surface area contributed by atoms with Gasteiger partial charge in [0.25, 0.3) is 0 Å². The summed E-state index contributed by atoms with van der Waals surface area (Å²) in [5, 5.41) is 5.62. The summed E-state index contributed by atoms with van der Waals surface area (Å²) >= 11 is 14.1. The Kier molecular flexibility index (Phi) is 6.38. The molecule has 0 unspecified atom stereocenters. The van der Waals surface area contributed by atoms with E-state index in [1.54, 1.807) is 25.6 Å². The number of ether oxygens (including phenoxy) is 2. The molecule has 3 aromatic rings. The van der Waals surface area contributed by atoms with Gasteiger partial charge < -0.3 is 14.8 Å². The summed E-state index contributed by atoms with van der Waals surface area (Å²) in [5.41, 5.74) is 1.94. The minimum atomic E-state index is 0.631. The van der Waals surface area contributed by atoms with Gasteiger partial charge in [-0.3, -0.25) is 0 Å². The third-order valence-corrected chi connectivity index (χ3v) is 5.46. The summed E-state index contributed by atoms with van der Waals surface area (Å²) < 4.78 is 10.6. The van der Waals surface area contributed by atoms with Gasteiger partial charge in [-0.1, -0.05) is 35.3 Å². The zero-order valence-corrected chi connectivity index (χ0v) is 16.7. The van der Waals surface area contributed by atoms with E-state index in [1.807, 2.05) is 42.6 Å². The van der Waals surface area contributed by atoms with Crippen LogP contribution in [0.4, 0.5) is 0 Å². The third kappa shape index (κ3) is 4.30. The van der Waals surface area contributed by atoms with Gasteiger partial charge in [-0.15, -0.1) is 11.3 Å². The molecule has 1 aromatic heterocycles. The molecule has 2 aromatic carbocycles. The van der Waals surface area contributed by atoms with Crippen LogP contribution in [0, 0.1) is 0 Å². The molecule has 0 aliphatic heterocycles. The second-order valence-electron chi connectivity index (χ2n) is 5.51. The largest absolute Gasteiger partial charge is 0.493 e. The average molecular weight is 409 g/mol. The molecule has 136 valence electrons. The molecule has 0 saturated heterocycles. The highest BCUT2D eigenvalue weighted by Gasteiger charge is 2.12. The Balaban J connectivity index is 1.64. The van der Waals surface area contributed by atoms with Crippen LogP contribution in [0.25, 0.3) is 10.4 Å². The lowest BCUT2D eigenvalue weighted by Gasteiger charge is -2.09. The van der Waals surface area contributed by atoms with Crippen LogP contribution in [-0.2, 0) is 13.1 Å². The maximum absolute atomic E-state index is 6.27. The molecule has 0 fully saturated rings. The number of halogens is 2. The molecule has 0 amide bonds. The molecule has 1 heterocycles. The van der Waals surface area contributed by atoms with Crippen molar-refractivity contribution in [2.45, 2.75) is 13.1 Å². The Morgan fingerprint density at radius 2 is 1.73 bits per heavy atom. The summed E-state index contributed by atoms with van der Waals surface area (Å²) in [6, 6.07) is 11.4. The number of benzene rings is 2. The lowest BCUT2D eigenvalue weighted by molar-refractivity contribution is 0.354. The third-order valence-electron chi connectivity index (χ3n) is 3.82. The van der Waals surface area contributed by atoms with Crippen molar-refractivity contribution in [2.75, 3.05) is 14.2 Å². The zero-order chi connectivity index (χ0) is 18.5. The molecule has 26 heavy (non-hydrogen) atoms. The number of hydrogen-bond acceptors (Lipinski definition) is 5. The van der Waals surface area contributed by atoms with Crippen molar-refractivity contribution >= 4 is 34.5 Å². The highest BCUT2D eigenvalue weighted by atomic mass is 35.5. The first-order valence-electron chi connectivity index (χ1n) is 7.93. The molecular weight excluding hydrogens is 391 g/mol. The summed E-state index contributed by atoms with van der Waals surface area (Å²) in [5.74, 6) is 1.44. The maximum Gasteiger partial charge on any atom is 0.161 e. The SMILES string of the molecule is COc1ccc(CNCc2ncc(-c3c(Cl)cccc3Cl)s2)cc1OC. The second kappa shape index (κ2) is 8.73. The molecule has 0 aliphatic rings. The Bertz CT molecular complexity index is 879. The van der Waals surface area contributed by atoms with E-state index in [9.17, 15) is 0 Å². The van der Waals surface area contributed by atoms with Gasteiger partial charge in [0.1, 0.15) is 5.01 Å². The number of methoxy groups -OCH3 is 2. The van der Waals surface area contributed by atoms with E-state index in [-0.39, 0.29) is 0 Å². The number of nitrogens with zero attached hydrogens (tertiary/aromatic N) is 1. The van der Waals surface area contributed by atoms with Gasteiger partial charge in [-0.25, -0.2) is 4.98 Å². The molecule has 0 aliphatic carbocycles. The molecule has 1 N–H and O–H groups in total.